The van der Waals surface area contributed by atoms with Crippen LogP contribution in [0.25, 0.3) is 5.65 Å². The monoisotopic (exact) mass is 486 g/mol. The third-order valence-electron chi connectivity index (χ3n) is 6.94. The fourth-order valence-corrected chi connectivity index (χ4v) is 5.27. The predicted molar refractivity (Wildman–Crippen MR) is 126 cm³/mol. The molecule has 186 valence electrons. The summed E-state index contributed by atoms with van der Waals surface area (Å²) in [5, 5.41) is 4.69. The largest absolute Gasteiger partial charge is 0.355 e. The summed E-state index contributed by atoms with van der Waals surface area (Å²) in [5.41, 5.74) is 7.14. The van der Waals surface area contributed by atoms with Gasteiger partial charge in [-0.3, -0.25) is 4.79 Å². The van der Waals surface area contributed by atoms with Gasteiger partial charge in [-0.25, -0.2) is 22.7 Å². The molecule has 2 atom stereocenters. The fourth-order valence-electron chi connectivity index (χ4n) is 5.27. The van der Waals surface area contributed by atoms with Crippen molar-refractivity contribution < 1.29 is 18.0 Å². The molecule has 5 rings (SSSR count). The molecule has 0 spiro atoms. The second kappa shape index (κ2) is 8.82. The van der Waals surface area contributed by atoms with Crippen molar-refractivity contribution in [1.29, 1.82) is 0 Å². The summed E-state index contributed by atoms with van der Waals surface area (Å²) < 4.78 is 44.6. The van der Waals surface area contributed by atoms with E-state index in [1.165, 1.54) is 12.1 Å². The van der Waals surface area contributed by atoms with E-state index < -0.39 is 29.3 Å². The maximum Gasteiger partial charge on any atom is 0.274 e. The normalized spacial score (nSPS) is 21.2. The van der Waals surface area contributed by atoms with Crippen LogP contribution >= 0.6 is 0 Å². The number of aryl methyl sites for hydroxylation is 1. The zero-order chi connectivity index (χ0) is 24.9. The highest BCUT2D eigenvalue weighted by Crippen LogP contribution is 2.37. The number of nitrogens with zero attached hydrogens (tertiary/aromatic N) is 5. The first-order chi connectivity index (χ1) is 16.6. The number of fused-ring (bicyclic) bond motifs is 1. The molecule has 2 N–H and O–H groups in total. The highest BCUT2D eigenvalue weighted by molar-refractivity contribution is 5.96. The number of benzene rings is 1. The summed E-state index contributed by atoms with van der Waals surface area (Å²) in [6.07, 6.45) is 5.05. The average Bonchev–Trinajstić information content (AvgIpc) is 3.42. The van der Waals surface area contributed by atoms with Crippen molar-refractivity contribution in [2.45, 2.75) is 57.5 Å². The second-order valence-electron chi connectivity index (χ2n) is 9.68. The van der Waals surface area contributed by atoms with Gasteiger partial charge in [0, 0.05) is 50.4 Å². The lowest BCUT2D eigenvalue weighted by atomic mass is 9.95. The molecular weight excluding hydrogens is 457 g/mol. The van der Waals surface area contributed by atoms with Crippen molar-refractivity contribution in [1.82, 2.24) is 19.5 Å². The van der Waals surface area contributed by atoms with E-state index in [1.54, 1.807) is 9.42 Å². The minimum atomic E-state index is -3.49. The molecule has 0 aliphatic carbocycles. The Balaban J connectivity index is 1.50. The SMILES string of the molecule is Cc1cn2nc([C@@H]3CCCCN3C(=O)c3cccc(F)c3C(C)(F)F)cc2nc1N1CC[C@H](N)C1. The lowest BCUT2D eigenvalue weighted by Gasteiger charge is -2.35. The van der Waals surface area contributed by atoms with Crippen molar-refractivity contribution >= 4 is 17.4 Å². The molecule has 2 saturated heterocycles. The van der Waals surface area contributed by atoms with Gasteiger partial charge in [0.2, 0.25) is 0 Å². The number of anilines is 1. The summed E-state index contributed by atoms with van der Waals surface area (Å²) in [6.45, 7) is 4.55. The number of amides is 1. The zero-order valence-electron chi connectivity index (χ0n) is 19.8. The van der Waals surface area contributed by atoms with Gasteiger partial charge in [-0.1, -0.05) is 6.07 Å². The number of hydrogen-bond donors (Lipinski definition) is 1. The molecule has 0 unspecified atom stereocenters. The van der Waals surface area contributed by atoms with Gasteiger partial charge in [-0.05, 0) is 44.7 Å². The molecule has 10 heteroatoms. The highest BCUT2D eigenvalue weighted by atomic mass is 19.3. The van der Waals surface area contributed by atoms with Crippen LogP contribution in [0, 0.1) is 12.7 Å². The van der Waals surface area contributed by atoms with E-state index in [4.69, 9.17) is 10.7 Å². The topological polar surface area (TPSA) is 79.8 Å². The van der Waals surface area contributed by atoms with Gasteiger partial charge >= 0.3 is 0 Å². The van der Waals surface area contributed by atoms with Crippen LogP contribution in [0.5, 0.6) is 0 Å². The fraction of sp³-hybridized carbons (Fsp3) is 0.480. The van der Waals surface area contributed by atoms with Crippen LogP contribution in [0.1, 0.15) is 65.8 Å². The molecule has 35 heavy (non-hydrogen) atoms. The lowest BCUT2D eigenvalue weighted by molar-refractivity contribution is 0.0114. The van der Waals surface area contributed by atoms with Crippen molar-refractivity contribution in [3.8, 4) is 0 Å². The molecule has 0 radical (unpaired) electrons. The van der Waals surface area contributed by atoms with Crippen LogP contribution in [0.15, 0.2) is 30.5 Å². The maximum absolute atomic E-state index is 14.4. The van der Waals surface area contributed by atoms with Gasteiger partial charge in [-0.2, -0.15) is 5.10 Å². The Hall–Kier alpha value is -3.14. The number of hydrogen-bond acceptors (Lipinski definition) is 5. The average molecular weight is 487 g/mol. The molecular formula is C25H29F3N6O. The minimum Gasteiger partial charge on any atom is -0.355 e. The summed E-state index contributed by atoms with van der Waals surface area (Å²) >= 11 is 0. The van der Waals surface area contributed by atoms with E-state index in [9.17, 15) is 18.0 Å². The van der Waals surface area contributed by atoms with Crippen LogP contribution < -0.4 is 10.6 Å². The zero-order valence-corrected chi connectivity index (χ0v) is 19.8. The van der Waals surface area contributed by atoms with Crippen LogP contribution in [-0.2, 0) is 5.92 Å². The van der Waals surface area contributed by atoms with Gasteiger partial charge in [0.25, 0.3) is 11.8 Å². The molecule has 2 fully saturated rings. The number of alkyl halides is 2. The molecule has 3 aromatic rings. The first-order valence-corrected chi connectivity index (χ1v) is 12.0. The quantitative estimate of drug-likeness (QED) is 0.598. The Labute approximate surface area is 201 Å². The number of carbonyl (C=O) groups excluding carboxylic acids is 1. The van der Waals surface area contributed by atoms with Crippen LogP contribution in [0.3, 0.4) is 0 Å². The van der Waals surface area contributed by atoms with Gasteiger partial charge in [-0.15, -0.1) is 0 Å². The predicted octanol–water partition coefficient (Wildman–Crippen LogP) is 4.19. The molecule has 7 nitrogen and oxygen atoms in total. The Bertz CT molecular complexity index is 1270. The Morgan fingerprint density at radius 2 is 2.00 bits per heavy atom. The standard InChI is InChI=1S/C25H29F3N6O/c1-15-13-34-21(30-23(15)32-11-9-16(29)14-32)12-19(31-34)20-8-3-4-10-33(20)24(35)17-6-5-7-18(26)22(17)25(2,27)28/h5-7,12-13,16,20H,3-4,8-11,14,29H2,1-2H3/t16-,20-/m0/s1. The van der Waals surface area contributed by atoms with Crippen molar-refractivity contribution in [3.05, 3.63) is 58.7 Å². The molecule has 2 aliphatic heterocycles. The van der Waals surface area contributed by atoms with Crippen molar-refractivity contribution in [2.75, 3.05) is 24.5 Å². The third kappa shape index (κ3) is 4.35. The van der Waals surface area contributed by atoms with Gasteiger partial charge < -0.3 is 15.5 Å². The molecule has 1 aromatic carbocycles. The third-order valence-corrected chi connectivity index (χ3v) is 6.94. The van der Waals surface area contributed by atoms with Gasteiger partial charge in [0.15, 0.2) is 5.65 Å². The van der Waals surface area contributed by atoms with Crippen LogP contribution in [0.4, 0.5) is 19.0 Å². The van der Waals surface area contributed by atoms with Crippen LogP contribution in [-0.4, -0.2) is 51.1 Å². The highest BCUT2D eigenvalue weighted by Gasteiger charge is 2.37. The van der Waals surface area contributed by atoms with E-state index >= 15 is 0 Å². The number of likely N-dealkylation sites (tertiary alicyclic amines) is 1. The number of halogens is 3. The van der Waals surface area contributed by atoms with E-state index in [-0.39, 0.29) is 11.6 Å². The molecule has 4 heterocycles. The number of rotatable bonds is 4. The molecule has 0 bridgehead atoms. The summed E-state index contributed by atoms with van der Waals surface area (Å²) in [6, 6.07) is 5.07. The smallest absolute Gasteiger partial charge is 0.274 e. The van der Waals surface area contributed by atoms with E-state index in [2.05, 4.69) is 10.00 Å². The lowest BCUT2D eigenvalue weighted by Crippen LogP contribution is -2.39. The summed E-state index contributed by atoms with van der Waals surface area (Å²) in [5.74, 6) is -4.32. The Kier molecular flexibility index (Phi) is 5.94. The summed E-state index contributed by atoms with van der Waals surface area (Å²) in [7, 11) is 0. The first-order valence-electron chi connectivity index (χ1n) is 12.0. The molecule has 1 amide bonds. The van der Waals surface area contributed by atoms with E-state index in [1.807, 2.05) is 19.2 Å². The number of carbonyl (C=O) groups is 1. The van der Waals surface area contributed by atoms with Gasteiger partial charge in [0.1, 0.15) is 11.6 Å². The molecule has 0 saturated carbocycles. The Morgan fingerprint density at radius 1 is 1.20 bits per heavy atom. The first kappa shape index (κ1) is 23.6. The maximum atomic E-state index is 14.4. The van der Waals surface area contributed by atoms with E-state index in [0.717, 1.165) is 49.8 Å². The minimum absolute atomic E-state index is 0.123. The van der Waals surface area contributed by atoms with E-state index in [0.29, 0.717) is 31.2 Å². The van der Waals surface area contributed by atoms with Crippen molar-refractivity contribution in [3.63, 3.8) is 0 Å². The second-order valence-corrected chi connectivity index (χ2v) is 9.68. The number of piperidine rings is 1. The summed E-state index contributed by atoms with van der Waals surface area (Å²) in [4.78, 5) is 22.0. The van der Waals surface area contributed by atoms with Gasteiger partial charge in [0.05, 0.1) is 22.9 Å². The van der Waals surface area contributed by atoms with Crippen molar-refractivity contribution in [2.24, 2.45) is 5.73 Å². The molecule has 2 aromatic heterocycles. The molecule has 2 aliphatic rings. The Morgan fingerprint density at radius 3 is 2.71 bits per heavy atom. The number of aromatic nitrogens is 3. The van der Waals surface area contributed by atoms with Crippen LogP contribution in [0.2, 0.25) is 0 Å². The number of nitrogens with two attached hydrogens (primary N) is 1.